The summed E-state index contributed by atoms with van der Waals surface area (Å²) in [6.45, 7) is 3.32. The highest BCUT2D eigenvalue weighted by molar-refractivity contribution is 5.89. The van der Waals surface area contributed by atoms with Gasteiger partial charge in [-0.25, -0.2) is 0 Å². The monoisotopic (exact) mass is 330 g/mol. The molecule has 1 aromatic heterocycles. The van der Waals surface area contributed by atoms with E-state index in [1.807, 2.05) is 0 Å². The van der Waals surface area contributed by atoms with Gasteiger partial charge in [0.25, 0.3) is 0 Å². The molecule has 2 rings (SSSR count). The molecular weight excluding hydrogens is 313 g/mol. The van der Waals surface area contributed by atoms with E-state index < -0.39 is 29.7 Å². The van der Waals surface area contributed by atoms with Crippen LogP contribution < -0.4 is 16.0 Å². The van der Waals surface area contributed by atoms with Crippen LogP contribution in [0.15, 0.2) is 18.3 Å². The standard InChI is InChI=1S/C14H17F3N4O2/c1-7(10-4-3-9(6-18-10)14(15,16)17)19-13(23)11-5-12(22)21-8(2)20-11/h3-4,6-8,11,20H,5H2,1-2H3,(H,19,23)(H,21,22). The molecule has 6 nitrogen and oxygen atoms in total. The number of amides is 2. The molecule has 23 heavy (non-hydrogen) atoms. The van der Waals surface area contributed by atoms with Crippen LogP contribution >= 0.6 is 0 Å². The lowest BCUT2D eigenvalue weighted by Gasteiger charge is -2.29. The van der Waals surface area contributed by atoms with Crippen LogP contribution in [0.4, 0.5) is 13.2 Å². The van der Waals surface area contributed by atoms with Gasteiger partial charge in [0.05, 0.1) is 35.9 Å². The molecule has 0 radical (unpaired) electrons. The van der Waals surface area contributed by atoms with Crippen molar-refractivity contribution in [3.05, 3.63) is 29.6 Å². The minimum absolute atomic E-state index is 0.00331. The first-order valence-electron chi connectivity index (χ1n) is 7.05. The summed E-state index contributed by atoms with van der Waals surface area (Å²) in [7, 11) is 0. The number of halogens is 3. The lowest BCUT2D eigenvalue weighted by atomic mass is 10.1. The molecule has 3 N–H and O–H groups in total. The van der Waals surface area contributed by atoms with Crippen molar-refractivity contribution in [2.45, 2.75) is 44.7 Å². The minimum Gasteiger partial charge on any atom is -0.347 e. The van der Waals surface area contributed by atoms with Gasteiger partial charge in [-0.05, 0) is 26.0 Å². The summed E-state index contributed by atoms with van der Waals surface area (Å²) in [5.74, 6) is -0.641. The first-order valence-corrected chi connectivity index (χ1v) is 7.05. The molecule has 0 saturated carbocycles. The van der Waals surface area contributed by atoms with Gasteiger partial charge in [-0.15, -0.1) is 0 Å². The van der Waals surface area contributed by atoms with E-state index >= 15 is 0 Å². The number of carbonyl (C=O) groups is 2. The smallest absolute Gasteiger partial charge is 0.347 e. The summed E-state index contributed by atoms with van der Waals surface area (Å²) in [5.41, 5.74) is -0.543. The van der Waals surface area contributed by atoms with Crippen LogP contribution in [0.5, 0.6) is 0 Å². The van der Waals surface area contributed by atoms with E-state index in [1.165, 1.54) is 6.07 Å². The normalized spacial score (nSPS) is 23.1. The highest BCUT2D eigenvalue weighted by Crippen LogP contribution is 2.28. The molecule has 126 valence electrons. The average Bonchev–Trinajstić information content (AvgIpc) is 2.45. The van der Waals surface area contributed by atoms with Crippen LogP contribution in [0.2, 0.25) is 0 Å². The molecule has 1 fully saturated rings. The second-order valence-electron chi connectivity index (χ2n) is 5.41. The first-order chi connectivity index (χ1) is 10.7. The molecule has 1 aliphatic heterocycles. The Morgan fingerprint density at radius 2 is 2.13 bits per heavy atom. The van der Waals surface area contributed by atoms with E-state index in [0.717, 1.165) is 12.3 Å². The molecule has 2 heterocycles. The van der Waals surface area contributed by atoms with Gasteiger partial charge in [0.1, 0.15) is 0 Å². The highest BCUT2D eigenvalue weighted by atomic mass is 19.4. The number of hydrogen-bond acceptors (Lipinski definition) is 4. The van der Waals surface area contributed by atoms with Gasteiger partial charge in [-0.3, -0.25) is 19.9 Å². The summed E-state index contributed by atoms with van der Waals surface area (Å²) in [4.78, 5) is 27.3. The van der Waals surface area contributed by atoms with Crippen molar-refractivity contribution >= 4 is 11.8 Å². The van der Waals surface area contributed by atoms with Crippen LogP contribution in [0.3, 0.4) is 0 Å². The molecule has 0 bridgehead atoms. The van der Waals surface area contributed by atoms with E-state index in [-0.39, 0.29) is 18.5 Å². The molecule has 1 saturated heterocycles. The van der Waals surface area contributed by atoms with Crippen LogP contribution in [0, 0.1) is 0 Å². The zero-order chi connectivity index (χ0) is 17.2. The summed E-state index contributed by atoms with van der Waals surface area (Å²) >= 11 is 0. The summed E-state index contributed by atoms with van der Waals surface area (Å²) < 4.78 is 37.5. The van der Waals surface area contributed by atoms with Crippen LogP contribution in [0.25, 0.3) is 0 Å². The number of nitrogens with zero attached hydrogens (tertiary/aromatic N) is 1. The minimum atomic E-state index is -4.45. The van der Waals surface area contributed by atoms with Gasteiger partial charge >= 0.3 is 6.18 Å². The van der Waals surface area contributed by atoms with Gasteiger partial charge in [0.2, 0.25) is 11.8 Å². The predicted molar refractivity (Wildman–Crippen MR) is 74.9 cm³/mol. The van der Waals surface area contributed by atoms with E-state index in [0.29, 0.717) is 5.69 Å². The van der Waals surface area contributed by atoms with E-state index in [4.69, 9.17) is 0 Å². The molecule has 1 aromatic rings. The molecule has 9 heteroatoms. The molecule has 3 unspecified atom stereocenters. The van der Waals surface area contributed by atoms with Crippen LogP contribution in [-0.2, 0) is 15.8 Å². The maximum atomic E-state index is 12.5. The van der Waals surface area contributed by atoms with Crippen LogP contribution in [-0.4, -0.2) is 29.0 Å². The summed E-state index contributed by atoms with van der Waals surface area (Å²) in [6, 6.07) is 0.874. The zero-order valence-electron chi connectivity index (χ0n) is 12.6. The van der Waals surface area contributed by atoms with Crippen molar-refractivity contribution in [3.63, 3.8) is 0 Å². The number of alkyl halides is 3. The topological polar surface area (TPSA) is 83.1 Å². The molecule has 2 amide bonds. The number of nitrogens with one attached hydrogen (secondary N) is 3. The highest BCUT2D eigenvalue weighted by Gasteiger charge is 2.32. The van der Waals surface area contributed by atoms with Crippen molar-refractivity contribution in [1.82, 2.24) is 20.9 Å². The molecule has 0 spiro atoms. The van der Waals surface area contributed by atoms with E-state index in [1.54, 1.807) is 13.8 Å². The second kappa shape index (κ2) is 6.53. The van der Waals surface area contributed by atoms with Gasteiger partial charge in [0, 0.05) is 6.20 Å². The van der Waals surface area contributed by atoms with Gasteiger partial charge in [0.15, 0.2) is 0 Å². The lowest BCUT2D eigenvalue weighted by Crippen LogP contribution is -2.59. The van der Waals surface area contributed by atoms with Gasteiger partial charge in [-0.2, -0.15) is 13.2 Å². The Bertz CT molecular complexity index is 589. The number of hydrogen-bond donors (Lipinski definition) is 3. The number of aromatic nitrogens is 1. The zero-order valence-corrected chi connectivity index (χ0v) is 12.6. The predicted octanol–water partition coefficient (Wildman–Crippen LogP) is 1.10. The molecule has 3 atom stereocenters. The Kier molecular flexibility index (Phi) is 4.88. The van der Waals surface area contributed by atoms with Crippen LogP contribution in [0.1, 0.15) is 37.6 Å². The van der Waals surface area contributed by atoms with Gasteiger partial charge in [-0.1, -0.05) is 0 Å². The Morgan fingerprint density at radius 3 is 2.65 bits per heavy atom. The molecular formula is C14H17F3N4O2. The quantitative estimate of drug-likeness (QED) is 0.775. The van der Waals surface area contributed by atoms with Crippen molar-refractivity contribution in [3.8, 4) is 0 Å². The average molecular weight is 330 g/mol. The van der Waals surface area contributed by atoms with Gasteiger partial charge < -0.3 is 10.6 Å². The number of rotatable bonds is 3. The third-order valence-electron chi connectivity index (χ3n) is 3.45. The lowest BCUT2D eigenvalue weighted by molar-refractivity contribution is -0.137. The number of carbonyl (C=O) groups excluding carboxylic acids is 2. The van der Waals surface area contributed by atoms with Crippen molar-refractivity contribution < 1.29 is 22.8 Å². The van der Waals surface area contributed by atoms with Crippen molar-refractivity contribution in [1.29, 1.82) is 0 Å². The Labute approximate surface area is 130 Å². The third-order valence-corrected chi connectivity index (χ3v) is 3.45. The fraction of sp³-hybridized carbons (Fsp3) is 0.500. The number of pyridine rings is 1. The molecule has 0 aliphatic carbocycles. The maximum Gasteiger partial charge on any atom is 0.417 e. The molecule has 1 aliphatic rings. The maximum absolute atomic E-state index is 12.5. The first kappa shape index (κ1) is 17.2. The summed E-state index contributed by atoms with van der Waals surface area (Å²) in [5, 5.41) is 8.18. The summed E-state index contributed by atoms with van der Waals surface area (Å²) in [6.07, 6.45) is -4.05. The Hall–Kier alpha value is -2.16. The van der Waals surface area contributed by atoms with E-state index in [2.05, 4.69) is 20.9 Å². The Balaban J connectivity index is 1.99. The Morgan fingerprint density at radius 1 is 1.43 bits per heavy atom. The molecule has 0 aromatic carbocycles. The second-order valence-corrected chi connectivity index (χ2v) is 5.41. The fourth-order valence-electron chi connectivity index (χ4n) is 2.27. The van der Waals surface area contributed by atoms with Crippen molar-refractivity contribution in [2.75, 3.05) is 0 Å². The fourth-order valence-corrected chi connectivity index (χ4v) is 2.27. The third kappa shape index (κ3) is 4.41. The SMILES string of the molecule is CC1NC(=O)CC(C(=O)NC(C)c2ccc(C(F)(F)F)cn2)N1. The van der Waals surface area contributed by atoms with Crippen molar-refractivity contribution in [2.24, 2.45) is 0 Å². The largest absolute Gasteiger partial charge is 0.417 e. The van der Waals surface area contributed by atoms with E-state index in [9.17, 15) is 22.8 Å².